The average molecular weight is 306 g/mol. The predicted octanol–water partition coefficient (Wildman–Crippen LogP) is 3.97. The molecule has 0 heterocycles. The maximum atomic E-state index is 11.9. The van der Waals surface area contributed by atoms with Crippen molar-refractivity contribution in [3.63, 3.8) is 0 Å². The molecule has 4 heteroatoms. The molecule has 0 saturated heterocycles. The van der Waals surface area contributed by atoms with Gasteiger partial charge >= 0.3 is 11.9 Å². The highest BCUT2D eigenvalue weighted by atomic mass is 16.5. The number of methoxy groups -OCH3 is 2. The SMILES string of the molecule is COC(=O)c1cc(C(=O)OC)cc(C(C)(C)CC(C)(C)C)c1. The van der Waals surface area contributed by atoms with E-state index in [9.17, 15) is 9.59 Å². The molecule has 0 aliphatic rings. The minimum atomic E-state index is -0.460. The van der Waals surface area contributed by atoms with Crippen molar-refractivity contribution < 1.29 is 19.1 Å². The van der Waals surface area contributed by atoms with Crippen LogP contribution in [0.15, 0.2) is 18.2 Å². The van der Waals surface area contributed by atoms with Crippen LogP contribution < -0.4 is 0 Å². The Kier molecular flexibility index (Phi) is 5.39. The van der Waals surface area contributed by atoms with Crippen LogP contribution in [0.5, 0.6) is 0 Å². The first-order chi connectivity index (χ1) is 10.00. The summed E-state index contributed by atoms with van der Waals surface area (Å²) in [5.74, 6) is -0.919. The van der Waals surface area contributed by atoms with Gasteiger partial charge in [0.15, 0.2) is 0 Å². The molecule has 0 radical (unpaired) electrons. The van der Waals surface area contributed by atoms with E-state index in [-0.39, 0.29) is 10.8 Å². The third-order valence-corrected chi connectivity index (χ3v) is 3.53. The number of hydrogen-bond acceptors (Lipinski definition) is 4. The van der Waals surface area contributed by atoms with Crippen molar-refractivity contribution in [2.24, 2.45) is 5.41 Å². The van der Waals surface area contributed by atoms with Crippen molar-refractivity contribution in [2.45, 2.75) is 46.5 Å². The molecule has 0 aliphatic heterocycles. The molecule has 0 bridgehead atoms. The lowest BCUT2D eigenvalue weighted by Gasteiger charge is -2.33. The van der Waals surface area contributed by atoms with E-state index in [1.54, 1.807) is 12.1 Å². The van der Waals surface area contributed by atoms with Crippen LogP contribution >= 0.6 is 0 Å². The molecule has 0 unspecified atom stereocenters. The summed E-state index contributed by atoms with van der Waals surface area (Å²) in [5.41, 5.74) is 1.58. The molecular formula is C18H26O4. The molecule has 0 fully saturated rings. The second kappa shape index (κ2) is 6.51. The fourth-order valence-electron chi connectivity index (χ4n) is 2.92. The predicted molar refractivity (Wildman–Crippen MR) is 86.2 cm³/mol. The van der Waals surface area contributed by atoms with Gasteiger partial charge in [0.1, 0.15) is 0 Å². The van der Waals surface area contributed by atoms with E-state index in [1.165, 1.54) is 20.3 Å². The molecule has 4 nitrogen and oxygen atoms in total. The van der Waals surface area contributed by atoms with Crippen LogP contribution in [0.2, 0.25) is 0 Å². The van der Waals surface area contributed by atoms with Gasteiger partial charge in [0.05, 0.1) is 25.3 Å². The molecule has 1 aromatic rings. The van der Waals surface area contributed by atoms with E-state index in [1.807, 2.05) is 0 Å². The number of carbonyl (C=O) groups excluding carboxylic acids is 2. The maximum absolute atomic E-state index is 11.9. The molecule has 1 rings (SSSR count). The zero-order chi connectivity index (χ0) is 17.1. The van der Waals surface area contributed by atoms with Gasteiger partial charge in [0.2, 0.25) is 0 Å². The molecule has 0 N–H and O–H groups in total. The highest BCUT2D eigenvalue weighted by Crippen LogP contribution is 2.37. The van der Waals surface area contributed by atoms with Crippen molar-refractivity contribution in [1.82, 2.24) is 0 Å². The van der Waals surface area contributed by atoms with Gasteiger partial charge in [-0.1, -0.05) is 34.6 Å². The second-order valence-electron chi connectivity index (χ2n) is 7.40. The molecule has 0 saturated carbocycles. The molecule has 1 aromatic carbocycles. The van der Waals surface area contributed by atoms with E-state index in [0.29, 0.717) is 11.1 Å². The van der Waals surface area contributed by atoms with Crippen LogP contribution in [0.3, 0.4) is 0 Å². The van der Waals surface area contributed by atoms with Gasteiger partial charge in [-0.15, -0.1) is 0 Å². The van der Waals surface area contributed by atoms with E-state index in [4.69, 9.17) is 9.47 Å². The summed E-state index contributed by atoms with van der Waals surface area (Å²) in [6, 6.07) is 5.10. The highest BCUT2D eigenvalue weighted by Gasteiger charge is 2.29. The summed E-state index contributed by atoms with van der Waals surface area (Å²) < 4.78 is 9.56. The minimum Gasteiger partial charge on any atom is -0.465 e. The Balaban J connectivity index is 3.40. The Hall–Kier alpha value is -1.84. The van der Waals surface area contributed by atoms with Gasteiger partial charge in [0, 0.05) is 0 Å². The van der Waals surface area contributed by atoms with E-state index in [2.05, 4.69) is 34.6 Å². The number of esters is 2. The Morgan fingerprint density at radius 1 is 0.864 bits per heavy atom. The number of benzene rings is 1. The number of rotatable bonds is 4. The normalized spacial score (nSPS) is 12.0. The van der Waals surface area contributed by atoms with Crippen molar-refractivity contribution in [3.05, 3.63) is 34.9 Å². The Bertz CT molecular complexity index is 531. The van der Waals surface area contributed by atoms with Crippen LogP contribution in [-0.2, 0) is 14.9 Å². The smallest absolute Gasteiger partial charge is 0.337 e. The first-order valence-electron chi connectivity index (χ1n) is 7.32. The molecule has 22 heavy (non-hydrogen) atoms. The summed E-state index contributed by atoms with van der Waals surface area (Å²) in [4.78, 5) is 23.7. The van der Waals surface area contributed by atoms with E-state index in [0.717, 1.165) is 12.0 Å². The van der Waals surface area contributed by atoms with Gasteiger partial charge in [0.25, 0.3) is 0 Å². The Morgan fingerprint density at radius 2 is 1.27 bits per heavy atom. The molecule has 0 amide bonds. The zero-order valence-corrected chi connectivity index (χ0v) is 14.6. The monoisotopic (exact) mass is 306 g/mol. The summed E-state index contributed by atoms with van der Waals surface area (Å²) >= 11 is 0. The molecule has 0 aromatic heterocycles. The van der Waals surface area contributed by atoms with Gasteiger partial charge in [-0.3, -0.25) is 0 Å². The van der Waals surface area contributed by atoms with Gasteiger partial charge < -0.3 is 9.47 Å². The number of carbonyl (C=O) groups is 2. The van der Waals surface area contributed by atoms with Crippen LogP contribution in [0, 0.1) is 5.41 Å². The van der Waals surface area contributed by atoms with Crippen molar-refractivity contribution in [3.8, 4) is 0 Å². The quantitative estimate of drug-likeness (QED) is 0.790. The summed E-state index contributed by atoms with van der Waals surface area (Å²) in [6.07, 6.45) is 0.908. The Labute approximate surface area is 132 Å². The fraction of sp³-hybridized carbons (Fsp3) is 0.556. The van der Waals surface area contributed by atoms with E-state index >= 15 is 0 Å². The first kappa shape index (κ1) is 18.2. The van der Waals surface area contributed by atoms with Gasteiger partial charge in [-0.25, -0.2) is 9.59 Å². The molecule has 0 spiro atoms. The fourth-order valence-corrected chi connectivity index (χ4v) is 2.92. The second-order valence-corrected chi connectivity index (χ2v) is 7.40. The third-order valence-electron chi connectivity index (χ3n) is 3.53. The minimum absolute atomic E-state index is 0.121. The maximum Gasteiger partial charge on any atom is 0.337 e. The lowest BCUT2D eigenvalue weighted by Crippen LogP contribution is -2.25. The van der Waals surface area contributed by atoms with Crippen molar-refractivity contribution >= 4 is 11.9 Å². The standard InChI is InChI=1S/C18H26O4/c1-17(2,3)11-18(4,5)14-9-12(15(19)21-6)8-13(10-14)16(20)22-7/h8-10H,11H2,1-7H3. The molecule has 122 valence electrons. The van der Waals surface area contributed by atoms with Crippen LogP contribution in [0.4, 0.5) is 0 Å². The van der Waals surface area contributed by atoms with Crippen LogP contribution in [-0.4, -0.2) is 26.2 Å². The van der Waals surface area contributed by atoms with Crippen LogP contribution in [0.1, 0.15) is 67.3 Å². The van der Waals surface area contributed by atoms with Gasteiger partial charge in [-0.05, 0) is 41.0 Å². The lowest BCUT2D eigenvalue weighted by atomic mass is 9.72. The summed E-state index contributed by atoms with van der Waals surface area (Å²) in [7, 11) is 2.65. The third kappa shape index (κ3) is 4.58. The molecule has 0 aliphatic carbocycles. The summed E-state index contributed by atoms with van der Waals surface area (Å²) in [5, 5.41) is 0. The highest BCUT2D eigenvalue weighted by molar-refractivity contribution is 5.95. The van der Waals surface area contributed by atoms with Crippen molar-refractivity contribution in [1.29, 1.82) is 0 Å². The molecular weight excluding hydrogens is 280 g/mol. The average Bonchev–Trinajstić information content (AvgIpc) is 2.42. The topological polar surface area (TPSA) is 52.6 Å². The lowest BCUT2D eigenvalue weighted by molar-refractivity contribution is 0.0599. The van der Waals surface area contributed by atoms with Crippen LogP contribution in [0.25, 0.3) is 0 Å². The zero-order valence-electron chi connectivity index (χ0n) is 14.6. The van der Waals surface area contributed by atoms with Gasteiger partial charge in [-0.2, -0.15) is 0 Å². The Morgan fingerprint density at radius 3 is 1.59 bits per heavy atom. The summed E-state index contributed by atoms with van der Waals surface area (Å²) in [6.45, 7) is 10.7. The molecule has 0 atom stereocenters. The number of hydrogen-bond donors (Lipinski definition) is 0. The van der Waals surface area contributed by atoms with E-state index < -0.39 is 11.9 Å². The van der Waals surface area contributed by atoms with Crippen molar-refractivity contribution in [2.75, 3.05) is 14.2 Å². The largest absolute Gasteiger partial charge is 0.465 e. The number of ether oxygens (including phenoxy) is 2. The first-order valence-corrected chi connectivity index (χ1v) is 7.32.